The van der Waals surface area contributed by atoms with Gasteiger partial charge in [-0.25, -0.2) is 0 Å². The number of hydrogen-bond acceptors (Lipinski definition) is 3. The van der Waals surface area contributed by atoms with E-state index in [0.29, 0.717) is 19.5 Å². The van der Waals surface area contributed by atoms with E-state index in [0.717, 1.165) is 5.56 Å². The van der Waals surface area contributed by atoms with Gasteiger partial charge < -0.3 is 15.1 Å². The van der Waals surface area contributed by atoms with E-state index in [9.17, 15) is 9.90 Å². The van der Waals surface area contributed by atoms with Crippen LogP contribution in [0.1, 0.15) is 25.3 Å². The third-order valence-electron chi connectivity index (χ3n) is 2.90. The SMILES string of the molecule is CN(CCCC(=O)O)CC(C)(O)c1ccccc1. The largest absolute Gasteiger partial charge is 0.481 e. The summed E-state index contributed by atoms with van der Waals surface area (Å²) >= 11 is 0. The highest BCUT2D eigenvalue weighted by molar-refractivity contribution is 5.66. The predicted molar refractivity (Wildman–Crippen MR) is 70.4 cm³/mol. The Hall–Kier alpha value is -1.39. The third-order valence-corrected chi connectivity index (χ3v) is 2.90. The van der Waals surface area contributed by atoms with Gasteiger partial charge in [-0.15, -0.1) is 0 Å². The maximum Gasteiger partial charge on any atom is 0.303 e. The molecule has 1 aromatic carbocycles. The number of likely N-dealkylation sites (N-methyl/N-ethyl adjacent to an activating group) is 1. The van der Waals surface area contributed by atoms with Crippen LogP contribution in [0.25, 0.3) is 0 Å². The fourth-order valence-electron chi connectivity index (χ4n) is 1.99. The molecule has 0 heterocycles. The molecule has 4 heteroatoms. The molecule has 0 saturated carbocycles. The van der Waals surface area contributed by atoms with Gasteiger partial charge in [0.15, 0.2) is 0 Å². The lowest BCUT2D eigenvalue weighted by Gasteiger charge is -2.29. The van der Waals surface area contributed by atoms with E-state index in [4.69, 9.17) is 5.11 Å². The average molecular weight is 251 g/mol. The van der Waals surface area contributed by atoms with Crippen LogP contribution in [-0.2, 0) is 10.4 Å². The van der Waals surface area contributed by atoms with Crippen LogP contribution in [0, 0.1) is 0 Å². The maximum atomic E-state index is 10.4. The summed E-state index contributed by atoms with van der Waals surface area (Å²) in [5.74, 6) is -0.779. The minimum absolute atomic E-state index is 0.165. The van der Waals surface area contributed by atoms with Crippen molar-refractivity contribution in [1.82, 2.24) is 4.90 Å². The molecule has 0 aromatic heterocycles. The number of rotatable bonds is 7. The second kappa shape index (κ2) is 6.52. The minimum atomic E-state index is -0.917. The van der Waals surface area contributed by atoms with E-state index in [1.807, 2.05) is 42.3 Å². The standard InChI is InChI=1S/C14H21NO3/c1-14(18,12-7-4-3-5-8-12)11-15(2)10-6-9-13(16)17/h3-5,7-8,18H,6,9-11H2,1-2H3,(H,16,17). The van der Waals surface area contributed by atoms with Crippen LogP contribution in [-0.4, -0.2) is 41.2 Å². The van der Waals surface area contributed by atoms with Crippen LogP contribution in [0.15, 0.2) is 30.3 Å². The number of aliphatic carboxylic acids is 1. The maximum absolute atomic E-state index is 10.4. The number of carboxylic acid groups (broad SMARTS) is 1. The first-order valence-corrected chi connectivity index (χ1v) is 6.10. The van der Waals surface area contributed by atoms with Gasteiger partial charge in [0.2, 0.25) is 0 Å². The summed E-state index contributed by atoms with van der Waals surface area (Å²) in [6.07, 6.45) is 0.758. The first-order valence-electron chi connectivity index (χ1n) is 6.10. The Labute approximate surface area is 108 Å². The Morgan fingerprint density at radius 2 is 1.94 bits per heavy atom. The van der Waals surface area contributed by atoms with Gasteiger partial charge in [-0.2, -0.15) is 0 Å². The van der Waals surface area contributed by atoms with Crippen molar-refractivity contribution in [1.29, 1.82) is 0 Å². The van der Waals surface area contributed by atoms with Crippen molar-refractivity contribution in [2.24, 2.45) is 0 Å². The van der Waals surface area contributed by atoms with Gasteiger partial charge in [-0.05, 0) is 32.5 Å². The lowest BCUT2D eigenvalue weighted by atomic mass is 9.95. The zero-order valence-corrected chi connectivity index (χ0v) is 11.0. The van der Waals surface area contributed by atoms with Crippen LogP contribution in [0.2, 0.25) is 0 Å². The van der Waals surface area contributed by atoms with Gasteiger partial charge in [0.1, 0.15) is 0 Å². The zero-order valence-electron chi connectivity index (χ0n) is 11.0. The van der Waals surface area contributed by atoms with Gasteiger partial charge >= 0.3 is 5.97 Å². The molecule has 0 aliphatic heterocycles. The van der Waals surface area contributed by atoms with E-state index in [1.54, 1.807) is 6.92 Å². The van der Waals surface area contributed by atoms with Gasteiger partial charge in [0, 0.05) is 13.0 Å². The molecule has 4 nitrogen and oxygen atoms in total. The van der Waals surface area contributed by atoms with Crippen LogP contribution in [0.4, 0.5) is 0 Å². The van der Waals surface area contributed by atoms with Crippen molar-refractivity contribution < 1.29 is 15.0 Å². The number of aliphatic hydroxyl groups is 1. The molecule has 0 amide bonds. The average Bonchev–Trinajstić information content (AvgIpc) is 2.29. The molecule has 0 spiro atoms. The Morgan fingerprint density at radius 1 is 1.33 bits per heavy atom. The van der Waals surface area contributed by atoms with Gasteiger partial charge in [0.05, 0.1) is 5.60 Å². The number of hydrogen-bond donors (Lipinski definition) is 2. The van der Waals surface area contributed by atoms with Crippen LogP contribution >= 0.6 is 0 Å². The molecule has 2 N–H and O–H groups in total. The molecule has 0 fully saturated rings. The molecule has 1 aromatic rings. The topological polar surface area (TPSA) is 60.8 Å². The van der Waals surface area contributed by atoms with Gasteiger partial charge in [-0.1, -0.05) is 30.3 Å². The highest BCUT2D eigenvalue weighted by Gasteiger charge is 2.24. The minimum Gasteiger partial charge on any atom is -0.481 e. The quantitative estimate of drug-likeness (QED) is 0.774. The highest BCUT2D eigenvalue weighted by atomic mass is 16.4. The number of carboxylic acids is 1. The smallest absolute Gasteiger partial charge is 0.303 e. The van der Waals surface area contributed by atoms with Gasteiger partial charge in [0.25, 0.3) is 0 Å². The first-order chi connectivity index (χ1) is 8.42. The van der Waals surface area contributed by atoms with Crippen molar-refractivity contribution in [3.05, 3.63) is 35.9 Å². The van der Waals surface area contributed by atoms with Crippen molar-refractivity contribution >= 4 is 5.97 Å². The van der Waals surface area contributed by atoms with Crippen molar-refractivity contribution in [3.63, 3.8) is 0 Å². The van der Waals surface area contributed by atoms with E-state index in [1.165, 1.54) is 0 Å². The molecular weight excluding hydrogens is 230 g/mol. The first kappa shape index (κ1) is 14.7. The molecule has 0 bridgehead atoms. The lowest BCUT2D eigenvalue weighted by molar-refractivity contribution is -0.137. The summed E-state index contributed by atoms with van der Waals surface area (Å²) in [7, 11) is 1.89. The predicted octanol–water partition coefficient (Wildman–Crippen LogP) is 1.69. The lowest BCUT2D eigenvalue weighted by Crippen LogP contribution is -2.37. The molecule has 0 saturated heterocycles. The molecule has 18 heavy (non-hydrogen) atoms. The van der Waals surface area contributed by atoms with E-state index < -0.39 is 11.6 Å². The van der Waals surface area contributed by atoms with E-state index in [-0.39, 0.29) is 6.42 Å². The molecule has 1 rings (SSSR count). The monoisotopic (exact) mass is 251 g/mol. The molecule has 100 valence electrons. The summed E-state index contributed by atoms with van der Waals surface area (Å²) in [6.45, 7) is 2.92. The molecule has 0 radical (unpaired) electrons. The summed E-state index contributed by atoms with van der Waals surface area (Å²) in [5.41, 5.74) is -0.0470. The van der Waals surface area contributed by atoms with Crippen molar-refractivity contribution in [2.75, 3.05) is 20.1 Å². The second-order valence-electron chi connectivity index (χ2n) is 4.87. The van der Waals surface area contributed by atoms with E-state index >= 15 is 0 Å². The van der Waals surface area contributed by atoms with Crippen molar-refractivity contribution in [2.45, 2.75) is 25.4 Å². The van der Waals surface area contributed by atoms with Crippen LogP contribution in [0.5, 0.6) is 0 Å². The number of carbonyl (C=O) groups is 1. The molecule has 0 aliphatic carbocycles. The van der Waals surface area contributed by atoms with Crippen LogP contribution in [0.3, 0.4) is 0 Å². The Morgan fingerprint density at radius 3 is 2.50 bits per heavy atom. The number of nitrogens with zero attached hydrogens (tertiary/aromatic N) is 1. The van der Waals surface area contributed by atoms with Crippen LogP contribution < -0.4 is 0 Å². The Bertz CT molecular complexity index is 376. The molecule has 1 unspecified atom stereocenters. The molecular formula is C14H21NO3. The Kier molecular flexibility index (Phi) is 5.31. The zero-order chi connectivity index (χ0) is 13.6. The van der Waals surface area contributed by atoms with Gasteiger partial charge in [-0.3, -0.25) is 4.79 Å². The third kappa shape index (κ3) is 4.85. The van der Waals surface area contributed by atoms with E-state index in [2.05, 4.69) is 0 Å². The fourth-order valence-corrected chi connectivity index (χ4v) is 1.99. The Balaban J connectivity index is 2.47. The fraction of sp³-hybridized carbons (Fsp3) is 0.500. The summed E-state index contributed by atoms with van der Waals surface area (Å²) < 4.78 is 0. The molecule has 0 aliphatic rings. The molecule has 1 atom stereocenters. The summed E-state index contributed by atoms with van der Waals surface area (Å²) in [6, 6.07) is 9.49. The normalized spacial score (nSPS) is 14.4. The van der Waals surface area contributed by atoms with Crippen molar-refractivity contribution in [3.8, 4) is 0 Å². The second-order valence-corrected chi connectivity index (χ2v) is 4.87. The highest BCUT2D eigenvalue weighted by Crippen LogP contribution is 2.21. The number of benzene rings is 1. The summed E-state index contributed by atoms with van der Waals surface area (Å²) in [4.78, 5) is 12.4. The summed E-state index contributed by atoms with van der Waals surface area (Å²) in [5, 5.41) is 19.0.